The van der Waals surface area contributed by atoms with Gasteiger partial charge in [0.1, 0.15) is 5.75 Å². The molecule has 0 bridgehead atoms. The molecule has 0 aliphatic heterocycles. The number of methoxy groups -OCH3 is 1. The van der Waals surface area contributed by atoms with E-state index < -0.39 is 12.0 Å². The van der Waals surface area contributed by atoms with Gasteiger partial charge in [0, 0.05) is 10.0 Å². The molecule has 0 spiro atoms. The number of carbonyl (C=O) groups excluding carboxylic acids is 1. The number of nitrogens with zero attached hydrogens (tertiary/aromatic N) is 1. The zero-order valence-electron chi connectivity index (χ0n) is 13.2. The molecular formula is C17H17BrN2O4. The number of hydrogen-bond acceptors (Lipinski definition) is 5. The molecule has 24 heavy (non-hydrogen) atoms. The van der Waals surface area contributed by atoms with Crippen molar-refractivity contribution in [3.8, 4) is 17.2 Å². The fraction of sp³-hybridized carbons (Fsp3) is 0.176. The van der Waals surface area contributed by atoms with Crippen LogP contribution in [0.4, 0.5) is 0 Å². The van der Waals surface area contributed by atoms with E-state index in [2.05, 4.69) is 26.5 Å². The number of carbonyl (C=O) groups is 1. The highest BCUT2D eigenvalue weighted by atomic mass is 79.9. The largest absolute Gasteiger partial charge is 0.504 e. The molecule has 2 aromatic rings. The molecule has 2 N–H and O–H groups in total. The van der Waals surface area contributed by atoms with Gasteiger partial charge in [0.05, 0.1) is 13.3 Å². The maximum absolute atomic E-state index is 12.0. The second-order valence-electron chi connectivity index (χ2n) is 4.85. The molecule has 0 heterocycles. The van der Waals surface area contributed by atoms with Crippen molar-refractivity contribution in [1.82, 2.24) is 5.43 Å². The molecule has 1 atom stereocenters. The van der Waals surface area contributed by atoms with Gasteiger partial charge in [-0.1, -0.05) is 28.1 Å². The lowest BCUT2D eigenvalue weighted by atomic mass is 10.2. The molecule has 0 saturated carbocycles. The van der Waals surface area contributed by atoms with Crippen LogP contribution in [0.2, 0.25) is 0 Å². The fourth-order valence-electron chi connectivity index (χ4n) is 1.86. The van der Waals surface area contributed by atoms with Crippen molar-refractivity contribution in [2.45, 2.75) is 13.0 Å². The lowest BCUT2D eigenvalue weighted by Gasteiger charge is -2.13. The van der Waals surface area contributed by atoms with Crippen molar-refractivity contribution >= 4 is 28.1 Å². The van der Waals surface area contributed by atoms with Gasteiger partial charge >= 0.3 is 0 Å². The summed E-state index contributed by atoms with van der Waals surface area (Å²) in [6.45, 7) is 1.62. The van der Waals surface area contributed by atoms with Crippen LogP contribution in [-0.2, 0) is 4.79 Å². The number of benzene rings is 2. The number of aromatic hydroxyl groups is 1. The molecule has 126 valence electrons. The number of phenols is 1. The first-order chi connectivity index (χ1) is 11.5. The highest BCUT2D eigenvalue weighted by Crippen LogP contribution is 2.27. The van der Waals surface area contributed by atoms with Gasteiger partial charge in [-0.25, -0.2) is 5.43 Å². The minimum atomic E-state index is -0.727. The van der Waals surface area contributed by atoms with Crippen molar-refractivity contribution in [2.24, 2.45) is 5.10 Å². The van der Waals surface area contributed by atoms with Gasteiger partial charge in [-0.3, -0.25) is 4.79 Å². The van der Waals surface area contributed by atoms with Gasteiger partial charge in [0.15, 0.2) is 17.6 Å². The summed E-state index contributed by atoms with van der Waals surface area (Å²) in [4.78, 5) is 12.0. The summed E-state index contributed by atoms with van der Waals surface area (Å²) in [5, 5.41) is 13.8. The molecule has 6 nitrogen and oxygen atoms in total. The highest BCUT2D eigenvalue weighted by molar-refractivity contribution is 9.10. The lowest BCUT2D eigenvalue weighted by Crippen LogP contribution is -2.33. The van der Waals surface area contributed by atoms with Crippen LogP contribution in [0.25, 0.3) is 0 Å². The normalized spacial score (nSPS) is 12.0. The van der Waals surface area contributed by atoms with Crippen LogP contribution in [0.1, 0.15) is 12.5 Å². The smallest absolute Gasteiger partial charge is 0.280 e. The van der Waals surface area contributed by atoms with E-state index in [0.717, 1.165) is 4.47 Å². The molecule has 2 aromatic carbocycles. The van der Waals surface area contributed by atoms with Crippen molar-refractivity contribution in [3.05, 3.63) is 52.5 Å². The van der Waals surface area contributed by atoms with Gasteiger partial charge in [-0.05, 0) is 37.3 Å². The molecule has 7 heteroatoms. The Morgan fingerprint density at radius 2 is 2.08 bits per heavy atom. The molecule has 0 aliphatic rings. The Morgan fingerprint density at radius 1 is 1.33 bits per heavy atom. The first kappa shape index (κ1) is 17.8. The molecule has 0 unspecified atom stereocenters. The number of rotatable bonds is 6. The molecule has 2 rings (SSSR count). The van der Waals surface area contributed by atoms with Gasteiger partial charge in [-0.15, -0.1) is 0 Å². The maximum atomic E-state index is 12.0. The van der Waals surface area contributed by atoms with E-state index >= 15 is 0 Å². The minimum absolute atomic E-state index is 0.0450. The van der Waals surface area contributed by atoms with Crippen LogP contribution < -0.4 is 14.9 Å². The Balaban J connectivity index is 1.95. The Morgan fingerprint density at radius 3 is 2.79 bits per heavy atom. The lowest BCUT2D eigenvalue weighted by molar-refractivity contribution is -0.127. The van der Waals surface area contributed by atoms with Crippen LogP contribution in [0.5, 0.6) is 17.2 Å². The first-order valence-electron chi connectivity index (χ1n) is 7.12. The average molecular weight is 393 g/mol. The molecule has 0 aliphatic carbocycles. The summed E-state index contributed by atoms with van der Waals surface area (Å²) in [5.74, 6) is 0.447. The van der Waals surface area contributed by atoms with Crippen molar-refractivity contribution < 1.29 is 19.4 Å². The van der Waals surface area contributed by atoms with Crippen molar-refractivity contribution in [1.29, 1.82) is 0 Å². The summed E-state index contributed by atoms with van der Waals surface area (Å²) in [7, 11) is 1.46. The van der Waals surface area contributed by atoms with Gasteiger partial charge in [-0.2, -0.15) is 5.10 Å². The van der Waals surface area contributed by atoms with Crippen LogP contribution in [0.15, 0.2) is 52.0 Å². The number of para-hydroxylation sites is 1. The second kappa shape index (κ2) is 8.35. The quantitative estimate of drug-likeness (QED) is 0.584. The third kappa shape index (κ3) is 4.73. The Kier molecular flexibility index (Phi) is 6.20. The maximum Gasteiger partial charge on any atom is 0.280 e. The van der Waals surface area contributed by atoms with E-state index in [1.807, 2.05) is 12.1 Å². The summed E-state index contributed by atoms with van der Waals surface area (Å²) in [6.07, 6.45) is 0.608. The molecule has 0 aromatic heterocycles. The van der Waals surface area contributed by atoms with Crippen molar-refractivity contribution in [3.63, 3.8) is 0 Å². The summed E-state index contributed by atoms with van der Waals surface area (Å²) < 4.78 is 11.4. The van der Waals surface area contributed by atoms with E-state index in [0.29, 0.717) is 17.1 Å². The molecular weight excluding hydrogens is 376 g/mol. The summed E-state index contributed by atoms with van der Waals surface area (Å²) in [6, 6.07) is 12.2. The third-order valence-corrected chi connectivity index (χ3v) is 3.60. The number of hydrazone groups is 1. The topological polar surface area (TPSA) is 80.2 Å². The van der Waals surface area contributed by atoms with Gasteiger partial charge < -0.3 is 14.6 Å². The third-order valence-electron chi connectivity index (χ3n) is 3.11. The zero-order valence-corrected chi connectivity index (χ0v) is 14.8. The number of halogens is 1. The predicted molar refractivity (Wildman–Crippen MR) is 94.6 cm³/mol. The summed E-state index contributed by atoms with van der Waals surface area (Å²) in [5.41, 5.74) is 2.80. The standard InChI is InChI=1S/C17H17BrN2O4/c1-11(24-14-7-4-6-13(18)9-14)17(22)20-19-10-12-5-3-8-15(23-2)16(12)21/h3-11,21H,1-2H3,(H,20,22)/b19-10+/t11-/m0/s1. The number of amides is 1. The first-order valence-corrected chi connectivity index (χ1v) is 7.91. The molecule has 0 saturated heterocycles. The van der Waals surface area contributed by atoms with Crippen LogP contribution in [-0.4, -0.2) is 30.4 Å². The molecule has 0 fully saturated rings. The number of hydrogen-bond donors (Lipinski definition) is 2. The Hall–Kier alpha value is -2.54. The fourth-order valence-corrected chi connectivity index (χ4v) is 2.24. The van der Waals surface area contributed by atoms with E-state index in [9.17, 15) is 9.90 Å². The summed E-state index contributed by atoms with van der Waals surface area (Å²) >= 11 is 3.34. The van der Waals surface area contributed by atoms with Crippen molar-refractivity contribution in [2.75, 3.05) is 7.11 Å². The molecule has 1 amide bonds. The number of phenolic OH excluding ortho intramolecular Hbond substituents is 1. The van der Waals surface area contributed by atoms with Crippen LogP contribution in [0, 0.1) is 0 Å². The average Bonchev–Trinajstić information content (AvgIpc) is 2.56. The van der Waals surface area contributed by atoms with Crippen LogP contribution >= 0.6 is 15.9 Å². The number of ether oxygens (including phenoxy) is 2. The SMILES string of the molecule is COc1cccc(/C=N/NC(=O)[C@H](C)Oc2cccc(Br)c2)c1O. The monoisotopic (exact) mass is 392 g/mol. The Labute approximate surface area is 148 Å². The van der Waals surface area contributed by atoms with Crippen LogP contribution in [0.3, 0.4) is 0 Å². The van der Waals surface area contributed by atoms with Gasteiger partial charge in [0.2, 0.25) is 0 Å². The molecule has 0 radical (unpaired) electrons. The minimum Gasteiger partial charge on any atom is -0.504 e. The number of nitrogens with one attached hydrogen (secondary N) is 1. The Bertz CT molecular complexity index is 749. The van der Waals surface area contributed by atoms with E-state index in [1.54, 1.807) is 37.3 Å². The second-order valence-corrected chi connectivity index (χ2v) is 5.77. The van der Waals surface area contributed by atoms with E-state index in [1.165, 1.54) is 13.3 Å². The van der Waals surface area contributed by atoms with Gasteiger partial charge in [0.25, 0.3) is 5.91 Å². The van der Waals surface area contributed by atoms with E-state index in [4.69, 9.17) is 9.47 Å². The predicted octanol–water partition coefficient (Wildman–Crippen LogP) is 3.08. The zero-order chi connectivity index (χ0) is 17.5. The van der Waals surface area contributed by atoms with E-state index in [-0.39, 0.29) is 5.75 Å². The highest BCUT2D eigenvalue weighted by Gasteiger charge is 2.14.